The summed E-state index contributed by atoms with van der Waals surface area (Å²) in [5.41, 5.74) is -0.793. The SMILES string of the molecule is O=C1NC2(C=COC=C2)n2c1cccc2=O. The summed E-state index contributed by atoms with van der Waals surface area (Å²) < 4.78 is 6.33. The van der Waals surface area contributed by atoms with Gasteiger partial charge in [0.2, 0.25) is 0 Å². The van der Waals surface area contributed by atoms with Crippen LogP contribution in [-0.4, -0.2) is 10.5 Å². The Bertz CT molecular complexity index is 571. The molecule has 1 N–H and O–H groups in total. The molecule has 3 heterocycles. The smallest absolute Gasteiger partial charge is 0.270 e. The highest BCUT2D eigenvalue weighted by Gasteiger charge is 2.40. The molecule has 0 unspecified atom stereocenters. The van der Waals surface area contributed by atoms with Crippen molar-refractivity contribution in [2.45, 2.75) is 5.66 Å². The first-order valence-corrected chi connectivity index (χ1v) is 4.79. The molecular formula is C11H8N2O3. The second-order valence-electron chi connectivity index (χ2n) is 3.61. The average molecular weight is 216 g/mol. The van der Waals surface area contributed by atoms with Crippen molar-refractivity contribution in [1.82, 2.24) is 9.88 Å². The monoisotopic (exact) mass is 216 g/mol. The molecule has 0 aromatic carbocycles. The van der Waals surface area contributed by atoms with E-state index < -0.39 is 5.66 Å². The molecule has 0 saturated heterocycles. The average Bonchev–Trinajstić information content (AvgIpc) is 2.55. The number of carbonyl (C=O) groups excluding carboxylic acids is 1. The number of hydrogen-bond acceptors (Lipinski definition) is 3. The Balaban J connectivity index is 2.33. The lowest BCUT2D eigenvalue weighted by Gasteiger charge is -2.25. The second kappa shape index (κ2) is 2.85. The number of aromatic nitrogens is 1. The first-order valence-electron chi connectivity index (χ1n) is 4.79. The Morgan fingerprint density at radius 1 is 1.19 bits per heavy atom. The lowest BCUT2D eigenvalue weighted by molar-refractivity contribution is 0.0948. The van der Waals surface area contributed by atoms with Gasteiger partial charge in [0.25, 0.3) is 11.5 Å². The van der Waals surface area contributed by atoms with Gasteiger partial charge in [-0.1, -0.05) is 6.07 Å². The minimum atomic E-state index is -0.914. The largest absolute Gasteiger partial charge is 0.473 e. The van der Waals surface area contributed by atoms with Crippen LogP contribution in [0.15, 0.2) is 47.7 Å². The maximum Gasteiger partial charge on any atom is 0.270 e. The van der Waals surface area contributed by atoms with Crippen molar-refractivity contribution in [3.05, 3.63) is 58.9 Å². The molecule has 0 fully saturated rings. The lowest BCUT2D eigenvalue weighted by atomic mass is 10.1. The highest BCUT2D eigenvalue weighted by atomic mass is 16.5. The minimum absolute atomic E-state index is 0.230. The van der Waals surface area contributed by atoms with E-state index in [1.807, 2.05) is 0 Å². The first-order chi connectivity index (χ1) is 7.73. The van der Waals surface area contributed by atoms with Crippen molar-refractivity contribution in [2.75, 3.05) is 0 Å². The summed E-state index contributed by atoms with van der Waals surface area (Å²) in [4.78, 5) is 23.5. The predicted molar refractivity (Wildman–Crippen MR) is 55.5 cm³/mol. The summed E-state index contributed by atoms with van der Waals surface area (Å²) in [5, 5.41) is 2.75. The van der Waals surface area contributed by atoms with Crippen LogP contribution in [0.5, 0.6) is 0 Å². The van der Waals surface area contributed by atoms with Gasteiger partial charge in [0, 0.05) is 18.2 Å². The van der Waals surface area contributed by atoms with Crippen molar-refractivity contribution in [3.8, 4) is 0 Å². The number of ether oxygens (including phenoxy) is 1. The van der Waals surface area contributed by atoms with Crippen LogP contribution in [0.3, 0.4) is 0 Å². The Morgan fingerprint density at radius 2 is 1.94 bits per heavy atom. The van der Waals surface area contributed by atoms with Crippen molar-refractivity contribution in [1.29, 1.82) is 0 Å². The highest BCUT2D eigenvalue weighted by Crippen LogP contribution is 2.26. The normalized spacial score (nSPS) is 19.4. The van der Waals surface area contributed by atoms with Crippen LogP contribution in [0.2, 0.25) is 0 Å². The number of carbonyl (C=O) groups is 1. The number of nitrogens with zero attached hydrogens (tertiary/aromatic N) is 1. The van der Waals surface area contributed by atoms with Crippen LogP contribution in [0, 0.1) is 0 Å². The van der Waals surface area contributed by atoms with Gasteiger partial charge in [0.1, 0.15) is 5.69 Å². The first kappa shape index (κ1) is 8.96. The van der Waals surface area contributed by atoms with Gasteiger partial charge in [0.15, 0.2) is 5.66 Å². The summed E-state index contributed by atoms with van der Waals surface area (Å²) in [6.07, 6.45) is 6.13. The van der Waals surface area contributed by atoms with Gasteiger partial charge in [-0.3, -0.25) is 14.2 Å². The van der Waals surface area contributed by atoms with Crippen molar-refractivity contribution >= 4 is 5.91 Å². The van der Waals surface area contributed by atoms with E-state index in [-0.39, 0.29) is 11.5 Å². The molecule has 80 valence electrons. The Kier molecular flexibility index (Phi) is 1.60. The molecule has 1 aromatic rings. The van der Waals surface area contributed by atoms with Gasteiger partial charge < -0.3 is 10.1 Å². The summed E-state index contributed by atoms with van der Waals surface area (Å²) in [5.74, 6) is -0.270. The number of hydrogen-bond donors (Lipinski definition) is 1. The minimum Gasteiger partial charge on any atom is -0.473 e. The highest BCUT2D eigenvalue weighted by molar-refractivity contribution is 5.95. The van der Waals surface area contributed by atoms with E-state index in [0.717, 1.165) is 0 Å². The zero-order valence-electron chi connectivity index (χ0n) is 8.21. The van der Waals surface area contributed by atoms with Crippen LogP contribution in [0.25, 0.3) is 0 Å². The molecule has 3 rings (SSSR count). The van der Waals surface area contributed by atoms with E-state index in [0.29, 0.717) is 5.69 Å². The van der Waals surface area contributed by atoms with Gasteiger partial charge in [-0.2, -0.15) is 0 Å². The quantitative estimate of drug-likeness (QED) is 0.678. The van der Waals surface area contributed by atoms with E-state index in [9.17, 15) is 9.59 Å². The number of amides is 1. The van der Waals surface area contributed by atoms with E-state index in [4.69, 9.17) is 4.74 Å². The molecule has 1 amide bonds. The maximum atomic E-state index is 11.8. The van der Waals surface area contributed by atoms with Gasteiger partial charge in [-0.25, -0.2) is 0 Å². The van der Waals surface area contributed by atoms with E-state index in [2.05, 4.69) is 5.32 Å². The summed E-state index contributed by atoms with van der Waals surface area (Å²) in [6, 6.07) is 4.60. The molecule has 0 bridgehead atoms. The van der Waals surface area contributed by atoms with Crippen molar-refractivity contribution in [3.63, 3.8) is 0 Å². The molecular weight excluding hydrogens is 208 g/mol. The molecule has 5 heteroatoms. The number of fused-ring (bicyclic) bond motifs is 2. The number of pyridine rings is 1. The fraction of sp³-hybridized carbons (Fsp3) is 0.0909. The number of nitrogens with one attached hydrogen (secondary N) is 1. The Morgan fingerprint density at radius 3 is 2.69 bits per heavy atom. The summed E-state index contributed by atoms with van der Waals surface area (Å²) in [6.45, 7) is 0. The van der Waals surface area contributed by atoms with Gasteiger partial charge in [-0.05, 0) is 6.07 Å². The van der Waals surface area contributed by atoms with Crippen molar-refractivity contribution in [2.24, 2.45) is 0 Å². The fourth-order valence-electron chi connectivity index (χ4n) is 1.97. The lowest BCUT2D eigenvalue weighted by Crippen LogP contribution is -2.44. The third-order valence-corrected chi connectivity index (χ3v) is 2.67. The molecule has 1 aromatic heterocycles. The fourth-order valence-corrected chi connectivity index (χ4v) is 1.97. The van der Waals surface area contributed by atoms with Crippen LogP contribution in [-0.2, 0) is 10.4 Å². The third kappa shape index (κ3) is 0.995. The summed E-state index contributed by atoms with van der Waals surface area (Å²) >= 11 is 0. The molecule has 2 aliphatic rings. The van der Waals surface area contributed by atoms with E-state index >= 15 is 0 Å². The van der Waals surface area contributed by atoms with Crippen LogP contribution < -0.4 is 10.9 Å². The van der Waals surface area contributed by atoms with Crippen LogP contribution in [0.1, 0.15) is 10.5 Å². The Labute approximate surface area is 90.6 Å². The summed E-state index contributed by atoms with van der Waals surface area (Å²) in [7, 11) is 0. The van der Waals surface area contributed by atoms with E-state index in [1.54, 1.807) is 24.3 Å². The van der Waals surface area contributed by atoms with E-state index in [1.165, 1.54) is 23.2 Å². The van der Waals surface area contributed by atoms with Crippen molar-refractivity contribution < 1.29 is 9.53 Å². The zero-order valence-corrected chi connectivity index (χ0v) is 8.21. The molecule has 0 saturated carbocycles. The Hall–Kier alpha value is -2.30. The van der Waals surface area contributed by atoms with Crippen LogP contribution in [0.4, 0.5) is 0 Å². The van der Waals surface area contributed by atoms with Gasteiger partial charge in [-0.15, -0.1) is 0 Å². The van der Waals surface area contributed by atoms with Crippen LogP contribution >= 0.6 is 0 Å². The standard InChI is InChI=1S/C11H8N2O3/c14-9-3-1-2-8-10(15)12-11(13(8)9)4-6-16-7-5-11/h1-7H,(H,12,15). The van der Waals surface area contributed by atoms with Gasteiger partial charge in [0.05, 0.1) is 12.5 Å². The molecule has 0 atom stereocenters. The zero-order chi connectivity index (χ0) is 11.2. The molecule has 2 aliphatic heterocycles. The van der Waals surface area contributed by atoms with Gasteiger partial charge >= 0.3 is 0 Å². The molecule has 5 nitrogen and oxygen atoms in total. The second-order valence-corrected chi connectivity index (χ2v) is 3.61. The number of rotatable bonds is 0. The third-order valence-electron chi connectivity index (χ3n) is 2.67. The maximum absolute atomic E-state index is 11.8. The predicted octanol–water partition coefficient (Wildman–Crippen LogP) is 0.302. The topological polar surface area (TPSA) is 60.3 Å². The molecule has 0 radical (unpaired) electrons. The molecule has 0 aliphatic carbocycles. The molecule has 1 spiro atoms. The molecule has 16 heavy (non-hydrogen) atoms.